The van der Waals surface area contributed by atoms with Gasteiger partial charge in [-0.3, -0.25) is 20.4 Å². The lowest BCUT2D eigenvalue weighted by Crippen LogP contribution is -2.43. The Labute approximate surface area is 161 Å². The molecule has 0 radical (unpaired) electrons. The third kappa shape index (κ3) is 5.74. The molecule has 2 N–H and O–H groups in total. The fraction of sp³-hybridized carbons (Fsp3) is 0.263. The van der Waals surface area contributed by atoms with Crippen LogP contribution in [-0.2, 0) is 4.79 Å². The first-order valence-electron chi connectivity index (χ1n) is 7.95. The van der Waals surface area contributed by atoms with Gasteiger partial charge in [0.1, 0.15) is 5.75 Å². The maximum Gasteiger partial charge on any atom is 0.276 e. The summed E-state index contributed by atoms with van der Waals surface area (Å²) in [5.41, 5.74) is 7.52. The molecule has 0 aliphatic carbocycles. The zero-order chi connectivity index (χ0) is 18.4. The minimum Gasteiger partial charge on any atom is -0.484 e. The van der Waals surface area contributed by atoms with Crippen molar-refractivity contribution in [3.63, 3.8) is 0 Å². The topological polar surface area (TPSA) is 67.4 Å². The van der Waals surface area contributed by atoms with Crippen LogP contribution in [0.2, 0.25) is 0 Å². The van der Waals surface area contributed by atoms with E-state index in [1.165, 1.54) is 5.56 Å². The van der Waals surface area contributed by atoms with E-state index in [4.69, 9.17) is 4.74 Å². The van der Waals surface area contributed by atoms with E-state index in [0.29, 0.717) is 17.2 Å². The SMILES string of the molecule is Cc1ccc(C(=O)NNC(=O)COc2ccc(C(C)C)cc2)cc1I. The van der Waals surface area contributed by atoms with Crippen LogP contribution in [0.1, 0.15) is 41.3 Å². The summed E-state index contributed by atoms with van der Waals surface area (Å²) in [5, 5.41) is 0. The van der Waals surface area contributed by atoms with Gasteiger partial charge in [-0.05, 0) is 70.8 Å². The maximum atomic E-state index is 12.0. The van der Waals surface area contributed by atoms with Crippen LogP contribution >= 0.6 is 22.6 Å². The molecule has 0 heterocycles. The Bertz CT molecular complexity index is 758. The van der Waals surface area contributed by atoms with E-state index in [1.54, 1.807) is 12.1 Å². The fourth-order valence-electron chi connectivity index (χ4n) is 2.07. The fourth-order valence-corrected chi connectivity index (χ4v) is 2.58. The summed E-state index contributed by atoms with van der Waals surface area (Å²) >= 11 is 2.16. The van der Waals surface area contributed by atoms with Gasteiger partial charge in [0.2, 0.25) is 0 Å². The molecule has 25 heavy (non-hydrogen) atoms. The lowest BCUT2D eigenvalue weighted by molar-refractivity contribution is -0.123. The van der Waals surface area contributed by atoms with Crippen LogP contribution in [0.4, 0.5) is 0 Å². The van der Waals surface area contributed by atoms with E-state index < -0.39 is 5.91 Å². The third-order valence-corrected chi connectivity index (χ3v) is 4.83. The van der Waals surface area contributed by atoms with Gasteiger partial charge >= 0.3 is 0 Å². The Morgan fingerprint density at radius 1 is 1.08 bits per heavy atom. The molecule has 0 aromatic heterocycles. The smallest absolute Gasteiger partial charge is 0.276 e. The van der Waals surface area contributed by atoms with Crippen molar-refractivity contribution in [3.8, 4) is 5.75 Å². The highest BCUT2D eigenvalue weighted by Gasteiger charge is 2.09. The number of hydrogen-bond acceptors (Lipinski definition) is 3. The molecule has 132 valence electrons. The zero-order valence-corrected chi connectivity index (χ0v) is 16.6. The molecule has 2 amide bonds. The molecule has 0 saturated heterocycles. The first-order chi connectivity index (χ1) is 11.9. The van der Waals surface area contributed by atoms with Gasteiger partial charge in [0.15, 0.2) is 6.61 Å². The molecular weight excluding hydrogens is 431 g/mol. The molecule has 0 spiro atoms. The van der Waals surface area contributed by atoms with Gasteiger partial charge < -0.3 is 4.74 Å². The van der Waals surface area contributed by atoms with E-state index in [9.17, 15) is 9.59 Å². The Kier molecular flexibility index (Phi) is 6.81. The van der Waals surface area contributed by atoms with Crippen molar-refractivity contribution >= 4 is 34.4 Å². The van der Waals surface area contributed by atoms with E-state index in [0.717, 1.165) is 9.13 Å². The summed E-state index contributed by atoms with van der Waals surface area (Å²) in [5.74, 6) is 0.256. The highest BCUT2D eigenvalue weighted by atomic mass is 127. The van der Waals surface area contributed by atoms with Gasteiger partial charge in [-0.25, -0.2) is 0 Å². The summed E-state index contributed by atoms with van der Waals surface area (Å²) in [6.45, 7) is 6.02. The first-order valence-corrected chi connectivity index (χ1v) is 9.03. The second-order valence-corrected chi connectivity index (χ2v) is 7.14. The standard InChI is InChI=1S/C19H21IN2O3/c1-12(2)14-6-8-16(9-7-14)25-11-18(23)21-22-19(24)15-5-4-13(3)17(20)10-15/h4-10,12H,11H2,1-3H3,(H,21,23)(H,22,24). The van der Waals surface area contributed by atoms with Crippen molar-refractivity contribution in [1.29, 1.82) is 0 Å². The van der Waals surface area contributed by atoms with Gasteiger partial charge in [0.25, 0.3) is 11.8 Å². The molecule has 2 aromatic rings. The van der Waals surface area contributed by atoms with Crippen molar-refractivity contribution in [1.82, 2.24) is 10.9 Å². The number of hydrogen-bond donors (Lipinski definition) is 2. The van der Waals surface area contributed by atoms with Crippen LogP contribution in [0.5, 0.6) is 5.75 Å². The molecule has 0 unspecified atom stereocenters. The average Bonchev–Trinajstić information content (AvgIpc) is 2.60. The Morgan fingerprint density at radius 2 is 1.76 bits per heavy atom. The monoisotopic (exact) mass is 452 g/mol. The highest BCUT2D eigenvalue weighted by molar-refractivity contribution is 14.1. The summed E-state index contributed by atoms with van der Waals surface area (Å²) < 4.78 is 6.40. The van der Waals surface area contributed by atoms with E-state index in [1.807, 2.05) is 37.3 Å². The third-order valence-electron chi connectivity index (χ3n) is 3.67. The maximum absolute atomic E-state index is 12.0. The number of carbonyl (C=O) groups excluding carboxylic acids is 2. The minimum absolute atomic E-state index is 0.174. The van der Waals surface area contributed by atoms with E-state index in [-0.39, 0.29) is 12.5 Å². The number of carbonyl (C=O) groups is 2. The number of benzene rings is 2. The largest absolute Gasteiger partial charge is 0.484 e. The Balaban J connectivity index is 1.80. The molecule has 0 aliphatic heterocycles. The van der Waals surface area contributed by atoms with Crippen LogP contribution in [0.15, 0.2) is 42.5 Å². The van der Waals surface area contributed by atoms with Gasteiger partial charge in [-0.15, -0.1) is 0 Å². The number of nitrogens with one attached hydrogen (secondary N) is 2. The van der Waals surface area contributed by atoms with Crippen LogP contribution in [0.25, 0.3) is 0 Å². The van der Waals surface area contributed by atoms with Gasteiger partial charge in [-0.1, -0.05) is 32.0 Å². The Morgan fingerprint density at radius 3 is 2.36 bits per heavy atom. The molecule has 6 heteroatoms. The Hall–Kier alpha value is -2.09. The van der Waals surface area contributed by atoms with Crippen molar-refractivity contribution in [3.05, 3.63) is 62.7 Å². The molecule has 0 fully saturated rings. The summed E-state index contributed by atoms with van der Waals surface area (Å²) in [4.78, 5) is 23.8. The van der Waals surface area contributed by atoms with Crippen molar-refractivity contribution in [2.75, 3.05) is 6.61 Å². The van der Waals surface area contributed by atoms with Crippen molar-refractivity contribution in [2.45, 2.75) is 26.7 Å². The van der Waals surface area contributed by atoms with Crippen LogP contribution < -0.4 is 15.6 Å². The molecule has 2 aromatic carbocycles. The number of ether oxygens (including phenoxy) is 1. The molecule has 0 aliphatic rings. The van der Waals surface area contributed by atoms with Gasteiger partial charge in [0.05, 0.1) is 0 Å². The van der Waals surface area contributed by atoms with E-state index >= 15 is 0 Å². The number of rotatable bonds is 5. The van der Waals surface area contributed by atoms with Crippen molar-refractivity contribution in [2.24, 2.45) is 0 Å². The zero-order valence-electron chi connectivity index (χ0n) is 14.4. The number of hydrazine groups is 1. The van der Waals surface area contributed by atoms with Gasteiger partial charge in [0, 0.05) is 9.13 Å². The highest BCUT2D eigenvalue weighted by Crippen LogP contribution is 2.18. The molecular formula is C19H21IN2O3. The predicted molar refractivity (Wildman–Crippen MR) is 106 cm³/mol. The lowest BCUT2D eigenvalue weighted by atomic mass is 10.0. The van der Waals surface area contributed by atoms with Crippen molar-refractivity contribution < 1.29 is 14.3 Å². The minimum atomic E-state index is -0.428. The number of halogens is 1. The average molecular weight is 452 g/mol. The molecule has 0 bridgehead atoms. The van der Waals surface area contributed by atoms with Crippen LogP contribution in [0, 0.1) is 10.5 Å². The molecule has 2 rings (SSSR count). The predicted octanol–water partition coefficient (Wildman–Crippen LogP) is 3.56. The van der Waals surface area contributed by atoms with E-state index in [2.05, 4.69) is 47.3 Å². The molecule has 0 atom stereocenters. The number of amides is 2. The molecule has 0 saturated carbocycles. The molecule has 5 nitrogen and oxygen atoms in total. The second-order valence-electron chi connectivity index (χ2n) is 5.98. The van der Waals surface area contributed by atoms with Crippen LogP contribution in [0.3, 0.4) is 0 Å². The summed E-state index contributed by atoms with van der Waals surface area (Å²) in [6.07, 6.45) is 0. The number of aryl methyl sites for hydroxylation is 1. The lowest BCUT2D eigenvalue weighted by Gasteiger charge is -2.10. The van der Waals surface area contributed by atoms with Crippen LogP contribution in [-0.4, -0.2) is 18.4 Å². The van der Waals surface area contributed by atoms with Gasteiger partial charge in [-0.2, -0.15) is 0 Å². The summed E-state index contributed by atoms with van der Waals surface area (Å²) in [7, 11) is 0. The second kappa shape index (κ2) is 8.84. The first kappa shape index (κ1) is 19.2. The normalized spacial score (nSPS) is 10.4. The summed E-state index contributed by atoms with van der Waals surface area (Å²) in [6, 6.07) is 12.9. The quantitative estimate of drug-likeness (QED) is 0.539.